The lowest BCUT2D eigenvalue weighted by molar-refractivity contribution is -0.122. The minimum Gasteiger partial charge on any atom is -0.348 e. The molecule has 0 unspecified atom stereocenters. The largest absolute Gasteiger partial charge is 0.348 e. The summed E-state index contributed by atoms with van der Waals surface area (Å²) in [5.74, 6) is -0.695. The van der Waals surface area contributed by atoms with Crippen LogP contribution in [-0.2, 0) is 33.4 Å². The van der Waals surface area contributed by atoms with E-state index >= 15 is 0 Å². The van der Waals surface area contributed by atoms with Crippen LogP contribution in [0, 0.1) is 0 Å². The van der Waals surface area contributed by atoms with Gasteiger partial charge in [-0.05, 0) is 24.3 Å². The second-order valence-electron chi connectivity index (χ2n) is 8.53. The third-order valence-electron chi connectivity index (χ3n) is 6.16. The number of hydrogen-bond acceptors (Lipinski definition) is 7. The first-order chi connectivity index (χ1) is 17.8. The van der Waals surface area contributed by atoms with Gasteiger partial charge in [-0.25, -0.2) is 0 Å². The van der Waals surface area contributed by atoms with Crippen molar-refractivity contribution in [3.8, 4) is 0 Å². The Balaban J connectivity index is 0.000000176. The molecule has 2 aromatic rings. The van der Waals surface area contributed by atoms with Gasteiger partial charge in [0.1, 0.15) is 19.4 Å². The van der Waals surface area contributed by atoms with E-state index in [0.717, 1.165) is 11.4 Å². The quantitative estimate of drug-likeness (QED) is 0.572. The Hall–Kier alpha value is -4.09. The summed E-state index contributed by atoms with van der Waals surface area (Å²) in [7, 11) is 0. The number of amides is 4. The van der Waals surface area contributed by atoms with Crippen LogP contribution in [0.2, 0.25) is 0 Å². The summed E-state index contributed by atoms with van der Waals surface area (Å²) in [5.41, 5.74) is 2.74. The first kappa shape index (κ1) is 26.0. The molecule has 0 aromatic heterocycles. The van der Waals surface area contributed by atoms with E-state index in [1.54, 1.807) is 29.2 Å². The number of benzene rings is 2. The minimum atomic E-state index is -0.393. The Labute approximate surface area is 214 Å². The predicted octanol–water partition coefficient (Wildman–Crippen LogP) is 1.34. The molecular formula is C26H28N4O7. The molecule has 0 spiro atoms. The van der Waals surface area contributed by atoms with Gasteiger partial charge in [0.15, 0.2) is 6.29 Å². The van der Waals surface area contributed by atoms with Crippen molar-refractivity contribution in [1.29, 1.82) is 0 Å². The van der Waals surface area contributed by atoms with Gasteiger partial charge in [0.25, 0.3) is 0 Å². The summed E-state index contributed by atoms with van der Waals surface area (Å²) in [4.78, 5) is 63.7. The number of anilines is 4. The molecule has 11 heteroatoms. The third kappa shape index (κ3) is 5.52. The number of hydrogen-bond donors (Lipinski definition) is 0. The number of carbonyl (C=O) groups is 5. The molecule has 11 nitrogen and oxygen atoms in total. The second kappa shape index (κ2) is 11.3. The van der Waals surface area contributed by atoms with E-state index in [1.807, 2.05) is 24.3 Å². The Kier molecular flexibility index (Phi) is 7.95. The summed E-state index contributed by atoms with van der Waals surface area (Å²) in [6, 6.07) is 14.4. The normalized spacial score (nSPS) is 17.1. The van der Waals surface area contributed by atoms with E-state index in [-0.39, 0.29) is 43.3 Å². The lowest BCUT2D eigenvalue weighted by atomic mass is 10.1. The van der Waals surface area contributed by atoms with Crippen LogP contribution in [0.4, 0.5) is 22.7 Å². The maximum Gasteiger partial charge on any atom is 0.247 e. The molecule has 5 rings (SSSR count). The fourth-order valence-corrected chi connectivity index (χ4v) is 4.42. The highest BCUT2D eigenvalue weighted by Gasteiger charge is 2.33. The highest BCUT2D eigenvalue weighted by molar-refractivity contribution is 6.12. The highest BCUT2D eigenvalue weighted by atomic mass is 16.7. The van der Waals surface area contributed by atoms with E-state index in [4.69, 9.17) is 9.47 Å². The molecule has 194 valence electrons. The maximum absolute atomic E-state index is 12.3. The van der Waals surface area contributed by atoms with Crippen molar-refractivity contribution >= 4 is 52.7 Å². The van der Waals surface area contributed by atoms with Crippen LogP contribution < -0.4 is 19.6 Å². The van der Waals surface area contributed by atoms with Crippen LogP contribution in [0.1, 0.15) is 13.8 Å². The SMILES string of the molecule is CC(=O)N1CC(=O)N(CC2OCCO2)c2ccccc21.CC(=O)N1CC(=O)N(CC=O)c2ccccc21. The van der Waals surface area contributed by atoms with Gasteiger partial charge in [-0.15, -0.1) is 0 Å². The molecule has 0 radical (unpaired) electrons. The molecular weight excluding hydrogens is 480 g/mol. The summed E-state index contributed by atoms with van der Waals surface area (Å²) >= 11 is 0. The van der Waals surface area contributed by atoms with Crippen molar-refractivity contribution in [3.63, 3.8) is 0 Å². The molecule has 2 aromatic carbocycles. The van der Waals surface area contributed by atoms with Crippen molar-refractivity contribution in [2.75, 3.05) is 59.0 Å². The molecule has 0 aliphatic carbocycles. The zero-order valence-electron chi connectivity index (χ0n) is 20.7. The summed E-state index contributed by atoms with van der Waals surface area (Å²) in [5, 5.41) is 0. The van der Waals surface area contributed by atoms with Gasteiger partial charge in [0.2, 0.25) is 23.6 Å². The molecule has 3 aliphatic heterocycles. The summed E-state index contributed by atoms with van der Waals surface area (Å²) < 4.78 is 10.8. The summed E-state index contributed by atoms with van der Waals surface area (Å²) in [6.45, 7) is 4.38. The first-order valence-corrected chi connectivity index (χ1v) is 11.8. The van der Waals surface area contributed by atoms with Crippen LogP contribution in [0.15, 0.2) is 48.5 Å². The molecule has 0 saturated carbocycles. The van der Waals surface area contributed by atoms with Crippen molar-refractivity contribution in [2.45, 2.75) is 20.1 Å². The van der Waals surface area contributed by atoms with Gasteiger partial charge in [0.05, 0.1) is 49.1 Å². The molecule has 1 fully saturated rings. The number of para-hydroxylation sites is 4. The lowest BCUT2D eigenvalue weighted by Gasteiger charge is -2.36. The monoisotopic (exact) mass is 508 g/mol. The van der Waals surface area contributed by atoms with Gasteiger partial charge in [-0.3, -0.25) is 19.2 Å². The molecule has 37 heavy (non-hydrogen) atoms. The van der Waals surface area contributed by atoms with Gasteiger partial charge >= 0.3 is 0 Å². The zero-order chi connectivity index (χ0) is 26.5. The van der Waals surface area contributed by atoms with E-state index in [2.05, 4.69) is 0 Å². The van der Waals surface area contributed by atoms with E-state index in [9.17, 15) is 24.0 Å². The summed E-state index contributed by atoms with van der Waals surface area (Å²) in [6.07, 6.45) is 0.286. The minimum absolute atomic E-state index is 0.0137. The first-order valence-electron chi connectivity index (χ1n) is 11.8. The number of carbonyl (C=O) groups excluding carboxylic acids is 5. The van der Waals surface area contributed by atoms with Gasteiger partial charge in [-0.1, -0.05) is 24.3 Å². The average molecular weight is 509 g/mol. The van der Waals surface area contributed by atoms with E-state index < -0.39 is 6.29 Å². The molecule has 4 amide bonds. The van der Waals surface area contributed by atoms with Gasteiger partial charge in [0, 0.05) is 13.8 Å². The molecule has 0 bridgehead atoms. The van der Waals surface area contributed by atoms with Crippen molar-refractivity contribution in [2.24, 2.45) is 0 Å². The molecule has 3 aliphatic rings. The number of nitrogens with zero attached hydrogens (tertiary/aromatic N) is 4. The van der Waals surface area contributed by atoms with Crippen LogP contribution in [0.25, 0.3) is 0 Å². The van der Waals surface area contributed by atoms with Crippen LogP contribution >= 0.6 is 0 Å². The Morgan fingerprint density at radius 1 is 0.784 bits per heavy atom. The molecule has 1 saturated heterocycles. The Bertz CT molecular complexity index is 1210. The maximum atomic E-state index is 12.3. The van der Waals surface area contributed by atoms with Crippen molar-refractivity contribution in [1.82, 2.24) is 0 Å². The standard InChI is InChI=1S/C14H16N2O4.C12H12N2O3/c1-10(17)15-8-13(18)16(9-14-19-6-7-20-14)12-5-3-2-4-11(12)15;1-9(16)14-8-12(17)13(6-7-15)10-4-2-3-5-11(10)14/h2-5,14H,6-9H2,1H3;2-5,7H,6,8H2,1H3. The lowest BCUT2D eigenvalue weighted by Crippen LogP contribution is -2.49. The zero-order valence-corrected chi connectivity index (χ0v) is 20.7. The van der Waals surface area contributed by atoms with Crippen LogP contribution in [-0.4, -0.2) is 75.6 Å². The molecule has 0 N–H and O–H groups in total. The fraction of sp³-hybridized carbons (Fsp3) is 0.346. The van der Waals surface area contributed by atoms with Gasteiger partial charge in [-0.2, -0.15) is 0 Å². The number of fused-ring (bicyclic) bond motifs is 2. The fourth-order valence-electron chi connectivity index (χ4n) is 4.42. The second-order valence-corrected chi connectivity index (χ2v) is 8.53. The van der Waals surface area contributed by atoms with E-state index in [0.29, 0.717) is 37.4 Å². The highest BCUT2D eigenvalue weighted by Crippen LogP contribution is 2.34. The molecule has 0 atom stereocenters. The number of rotatable bonds is 4. The Morgan fingerprint density at radius 3 is 1.68 bits per heavy atom. The van der Waals surface area contributed by atoms with Crippen molar-refractivity contribution < 1.29 is 33.4 Å². The third-order valence-corrected chi connectivity index (χ3v) is 6.16. The van der Waals surface area contributed by atoms with Crippen molar-refractivity contribution in [3.05, 3.63) is 48.5 Å². The number of ether oxygens (including phenoxy) is 2. The topological polar surface area (TPSA) is 117 Å². The van der Waals surface area contributed by atoms with Crippen LogP contribution in [0.5, 0.6) is 0 Å². The average Bonchev–Trinajstić information content (AvgIpc) is 3.40. The smallest absolute Gasteiger partial charge is 0.247 e. The number of aldehydes is 1. The Morgan fingerprint density at radius 2 is 1.22 bits per heavy atom. The predicted molar refractivity (Wildman–Crippen MR) is 135 cm³/mol. The van der Waals surface area contributed by atoms with Crippen LogP contribution in [0.3, 0.4) is 0 Å². The van der Waals surface area contributed by atoms with Gasteiger partial charge < -0.3 is 33.9 Å². The van der Waals surface area contributed by atoms with E-state index in [1.165, 1.54) is 28.5 Å². The molecule has 3 heterocycles.